The fraction of sp³-hybridized carbons (Fsp3) is 0.360. The van der Waals surface area contributed by atoms with Crippen molar-refractivity contribution in [2.45, 2.75) is 47.2 Å². The molecule has 3 aromatic rings. The maximum absolute atomic E-state index is 13.7. The third kappa shape index (κ3) is 4.00. The zero-order valence-electron chi connectivity index (χ0n) is 20.2. The molecule has 0 bridgehead atoms. The summed E-state index contributed by atoms with van der Waals surface area (Å²) in [5.41, 5.74) is 4.25. The summed E-state index contributed by atoms with van der Waals surface area (Å²) in [6, 6.07) is 6.70. The molecule has 178 valence electrons. The van der Waals surface area contributed by atoms with Crippen molar-refractivity contribution in [2.75, 3.05) is 13.7 Å². The molecule has 0 aliphatic carbocycles. The first-order valence-corrected chi connectivity index (χ1v) is 12.0. The highest BCUT2D eigenvalue weighted by Gasteiger charge is 2.33. The highest BCUT2D eigenvalue weighted by molar-refractivity contribution is 7.07. The molecule has 0 saturated heterocycles. The standard InChI is InChI=1S/C25H28N4O4S/c1-7-28-16(5)19(14(3)27-28)13-20-23(30)29-22(17-9-11-18(32-6)12-10-17)21(24(31)33-8-2)15(4)26-25(29)34-20/h9-13,22H,7-8H2,1-6H3/b20-13+/t22-/m0/s1. The van der Waals surface area contributed by atoms with E-state index in [0.29, 0.717) is 26.4 Å². The van der Waals surface area contributed by atoms with Gasteiger partial charge in [-0.3, -0.25) is 14.0 Å². The maximum Gasteiger partial charge on any atom is 0.338 e. The van der Waals surface area contributed by atoms with Gasteiger partial charge in [0.2, 0.25) is 0 Å². The summed E-state index contributed by atoms with van der Waals surface area (Å²) in [5, 5.41) is 4.56. The zero-order valence-corrected chi connectivity index (χ0v) is 21.0. The summed E-state index contributed by atoms with van der Waals surface area (Å²) in [4.78, 5) is 31.8. The molecule has 34 heavy (non-hydrogen) atoms. The van der Waals surface area contributed by atoms with Crippen molar-refractivity contribution in [3.8, 4) is 5.75 Å². The third-order valence-corrected chi connectivity index (χ3v) is 6.94. The Morgan fingerprint density at radius 3 is 2.47 bits per heavy atom. The van der Waals surface area contributed by atoms with E-state index in [2.05, 4.69) is 10.1 Å². The topological polar surface area (TPSA) is 87.7 Å². The van der Waals surface area contributed by atoms with Crippen LogP contribution in [-0.2, 0) is 16.1 Å². The number of carbonyl (C=O) groups excluding carboxylic acids is 1. The molecule has 0 unspecified atom stereocenters. The molecule has 0 amide bonds. The van der Waals surface area contributed by atoms with Gasteiger partial charge in [-0.1, -0.05) is 23.5 Å². The van der Waals surface area contributed by atoms with Gasteiger partial charge in [0.15, 0.2) is 4.80 Å². The summed E-state index contributed by atoms with van der Waals surface area (Å²) >= 11 is 1.31. The number of carbonyl (C=O) groups is 1. The largest absolute Gasteiger partial charge is 0.497 e. The summed E-state index contributed by atoms with van der Waals surface area (Å²) in [7, 11) is 1.59. The number of aromatic nitrogens is 3. The predicted octanol–water partition coefficient (Wildman–Crippen LogP) is 2.64. The molecule has 9 heteroatoms. The molecule has 0 radical (unpaired) electrons. The number of esters is 1. The molecule has 3 heterocycles. The van der Waals surface area contributed by atoms with Crippen molar-refractivity contribution >= 4 is 23.4 Å². The van der Waals surface area contributed by atoms with Gasteiger partial charge in [-0.05, 0) is 58.4 Å². The number of aryl methyl sites for hydroxylation is 2. The number of rotatable bonds is 6. The van der Waals surface area contributed by atoms with Crippen LogP contribution in [0.5, 0.6) is 5.75 Å². The number of methoxy groups -OCH3 is 1. The highest BCUT2D eigenvalue weighted by Crippen LogP contribution is 2.31. The Kier molecular flexibility index (Phi) is 6.56. The van der Waals surface area contributed by atoms with E-state index in [0.717, 1.165) is 29.1 Å². The van der Waals surface area contributed by atoms with Crippen LogP contribution in [-0.4, -0.2) is 34.0 Å². The molecule has 0 saturated carbocycles. The van der Waals surface area contributed by atoms with Crippen molar-refractivity contribution < 1.29 is 14.3 Å². The van der Waals surface area contributed by atoms with Gasteiger partial charge < -0.3 is 9.47 Å². The molecule has 4 rings (SSSR count). The van der Waals surface area contributed by atoms with Crippen LogP contribution in [0.25, 0.3) is 6.08 Å². The van der Waals surface area contributed by atoms with E-state index in [1.54, 1.807) is 25.5 Å². The van der Waals surface area contributed by atoms with E-state index in [1.807, 2.05) is 55.8 Å². The fourth-order valence-corrected chi connectivity index (χ4v) is 5.28. The lowest BCUT2D eigenvalue weighted by Gasteiger charge is -2.24. The number of allylic oxidation sites excluding steroid dienone is 1. The van der Waals surface area contributed by atoms with Crippen LogP contribution in [0.15, 0.2) is 45.3 Å². The average Bonchev–Trinajstić information content (AvgIpc) is 3.28. The van der Waals surface area contributed by atoms with Gasteiger partial charge in [0, 0.05) is 17.8 Å². The highest BCUT2D eigenvalue weighted by atomic mass is 32.1. The van der Waals surface area contributed by atoms with Crippen molar-refractivity contribution in [2.24, 2.45) is 4.99 Å². The van der Waals surface area contributed by atoms with Gasteiger partial charge in [0.05, 0.1) is 41.3 Å². The van der Waals surface area contributed by atoms with Gasteiger partial charge in [-0.2, -0.15) is 5.10 Å². The third-order valence-electron chi connectivity index (χ3n) is 5.96. The van der Waals surface area contributed by atoms with E-state index in [-0.39, 0.29) is 12.2 Å². The number of hydrogen-bond acceptors (Lipinski definition) is 7. The molecule has 2 aromatic heterocycles. The Bertz CT molecular complexity index is 1460. The van der Waals surface area contributed by atoms with E-state index < -0.39 is 12.0 Å². The molecule has 1 atom stereocenters. The first-order chi connectivity index (χ1) is 16.3. The van der Waals surface area contributed by atoms with Crippen LogP contribution in [0.4, 0.5) is 0 Å². The van der Waals surface area contributed by atoms with Crippen LogP contribution in [0.3, 0.4) is 0 Å². The van der Waals surface area contributed by atoms with Gasteiger partial charge in [-0.25, -0.2) is 9.79 Å². The molecule has 0 N–H and O–H groups in total. The minimum Gasteiger partial charge on any atom is -0.497 e. The van der Waals surface area contributed by atoms with E-state index in [9.17, 15) is 9.59 Å². The minimum atomic E-state index is -0.649. The lowest BCUT2D eigenvalue weighted by atomic mass is 9.96. The van der Waals surface area contributed by atoms with Crippen molar-refractivity contribution in [1.29, 1.82) is 0 Å². The van der Waals surface area contributed by atoms with E-state index >= 15 is 0 Å². The number of fused-ring (bicyclic) bond motifs is 1. The SMILES string of the molecule is CCOC(=O)C1=C(C)N=c2s/c(=C/c3c(C)nn(CC)c3C)c(=O)n2[C@H]1c1ccc(OC)cc1. The minimum absolute atomic E-state index is 0.207. The quantitative estimate of drug-likeness (QED) is 0.506. The number of thiazole rings is 1. The van der Waals surface area contributed by atoms with E-state index in [4.69, 9.17) is 9.47 Å². The molecule has 0 spiro atoms. The Hall–Kier alpha value is -3.46. The summed E-state index contributed by atoms with van der Waals surface area (Å²) in [6.07, 6.45) is 1.88. The molecule has 8 nitrogen and oxygen atoms in total. The Balaban J connectivity index is 1.96. The lowest BCUT2D eigenvalue weighted by molar-refractivity contribution is -0.139. The maximum atomic E-state index is 13.7. The second kappa shape index (κ2) is 9.42. The normalized spacial score (nSPS) is 15.8. The molecule has 1 aliphatic rings. The lowest BCUT2D eigenvalue weighted by Crippen LogP contribution is -2.39. The van der Waals surface area contributed by atoms with E-state index in [1.165, 1.54) is 11.3 Å². The van der Waals surface area contributed by atoms with Gasteiger partial charge in [0.25, 0.3) is 5.56 Å². The monoisotopic (exact) mass is 480 g/mol. The second-order valence-corrected chi connectivity index (χ2v) is 8.98. The first-order valence-electron chi connectivity index (χ1n) is 11.2. The summed E-state index contributed by atoms with van der Waals surface area (Å²) < 4.78 is 14.7. The van der Waals surface area contributed by atoms with Crippen molar-refractivity contribution in [3.63, 3.8) is 0 Å². The van der Waals surface area contributed by atoms with Gasteiger partial charge in [0.1, 0.15) is 5.75 Å². The molecular formula is C25H28N4O4S. The summed E-state index contributed by atoms with van der Waals surface area (Å²) in [6.45, 7) is 10.5. The number of hydrogen-bond donors (Lipinski definition) is 0. The van der Waals surface area contributed by atoms with Crippen LogP contribution in [0.1, 0.15) is 49.3 Å². The van der Waals surface area contributed by atoms with Crippen LogP contribution >= 0.6 is 11.3 Å². The van der Waals surface area contributed by atoms with Crippen LogP contribution in [0, 0.1) is 13.8 Å². The second-order valence-electron chi connectivity index (χ2n) is 7.98. The van der Waals surface area contributed by atoms with Gasteiger partial charge in [-0.15, -0.1) is 0 Å². The predicted molar refractivity (Wildman–Crippen MR) is 131 cm³/mol. The molecular weight excluding hydrogens is 452 g/mol. The number of ether oxygens (including phenoxy) is 2. The Morgan fingerprint density at radius 1 is 1.18 bits per heavy atom. The number of benzene rings is 1. The average molecular weight is 481 g/mol. The molecule has 1 aromatic carbocycles. The molecule has 0 fully saturated rings. The first kappa shape index (κ1) is 23.7. The Morgan fingerprint density at radius 2 is 1.88 bits per heavy atom. The zero-order chi connectivity index (χ0) is 24.6. The smallest absolute Gasteiger partial charge is 0.338 e. The van der Waals surface area contributed by atoms with Crippen LogP contribution < -0.4 is 19.6 Å². The van der Waals surface area contributed by atoms with Crippen molar-refractivity contribution in [3.05, 3.63) is 77.7 Å². The van der Waals surface area contributed by atoms with Crippen LogP contribution in [0.2, 0.25) is 0 Å². The van der Waals surface area contributed by atoms with Crippen molar-refractivity contribution in [1.82, 2.24) is 14.3 Å². The van der Waals surface area contributed by atoms with Gasteiger partial charge >= 0.3 is 5.97 Å². The molecule has 1 aliphatic heterocycles. The Labute approximate surface area is 201 Å². The number of nitrogens with zero attached hydrogens (tertiary/aromatic N) is 4. The summed E-state index contributed by atoms with van der Waals surface area (Å²) in [5.74, 6) is 0.211. The fourth-order valence-electron chi connectivity index (χ4n) is 4.25.